The van der Waals surface area contributed by atoms with Gasteiger partial charge in [-0.2, -0.15) is 13.2 Å². The van der Waals surface area contributed by atoms with Crippen molar-refractivity contribution in [2.75, 3.05) is 0 Å². The zero-order valence-corrected chi connectivity index (χ0v) is 10.2. The van der Waals surface area contributed by atoms with Gasteiger partial charge >= 0.3 is 6.18 Å². The maximum Gasteiger partial charge on any atom is 0.405 e. The van der Waals surface area contributed by atoms with Gasteiger partial charge in [0, 0.05) is 0 Å². The van der Waals surface area contributed by atoms with Crippen LogP contribution in [0, 0.1) is 0 Å². The van der Waals surface area contributed by atoms with Crippen LogP contribution in [0.3, 0.4) is 0 Å². The summed E-state index contributed by atoms with van der Waals surface area (Å²) in [5.74, 6) is 0. The Morgan fingerprint density at radius 3 is 2.25 bits per heavy atom. The molecule has 0 aromatic heterocycles. The zero-order chi connectivity index (χ0) is 12.2. The molecule has 0 bridgehead atoms. The van der Waals surface area contributed by atoms with E-state index in [1.807, 2.05) is 0 Å². The molecule has 6 heteroatoms. The van der Waals surface area contributed by atoms with Gasteiger partial charge in [-0.25, -0.2) is 4.39 Å². The Balaban J connectivity index is 2.44. The fourth-order valence-electron chi connectivity index (χ4n) is 0.983. The Bertz CT molecular complexity index is 314. The van der Waals surface area contributed by atoms with E-state index in [9.17, 15) is 17.6 Å². The highest BCUT2D eigenvalue weighted by atomic mass is 127. The molecule has 1 nitrogen and oxygen atoms in total. The molecule has 0 fully saturated rings. The minimum atomic E-state index is -4.59. The second kappa shape index (κ2) is 5.81. The second-order valence-corrected chi connectivity index (χ2v) is 4.43. The summed E-state index contributed by atoms with van der Waals surface area (Å²) in [6, 6.07) is 8.48. The number of hydrogen-bond donors (Lipinski definition) is 0. The van der Waals surface area contributed by atoms with Gasteiger partial charge in [0.2, 0.25) is 6.36 Å². The van der Waals surface area contributed by atoms with Crippen molar-refractivity contribution in [1.29, 1.82) is 0 Å². The SMILES string of the molecule is FC(OCc1ccccc1)C(I)C(F)(F)F. The monoisotopic (exact) mass is 348 g/mol. The molecule has 0 amide bonds. The van der Waals surface area contributed by atoms with Crippen molar-refractivity contribution < 1.29 is 22.3 Å². The predicted molar refractivity (Wildman–Crippen MR) is 60.0 cm³/mol. The van der Waals surface area contributed by atoms with E-state index in [1.165, 1.54) is 0 Å². The normalized spacial score (nSPS) is 15.8. The maximum absolute atomic E-state index is 13.0. The van der Waals surface area contributed by atoms with Crippen LogP contribution in [-0.2, 0) is 11.3 Å². The van der Waals surface area contributed by atoms with Gasteiger partial charge in [-0.05, 0) is 5.56 Å². The van der Waals surface area contributed by atoms with E-state index >= 15 is 0 Å². The quantitative estimate of drug-likeness (QED) is 0.456. The Hall–Kier alpha value is -0.370. The van der Waals surface area contributed by atoms with Crippen LogP contribution in [0.25, 0.3) is 0 Å². The first-order chi connectivity index (χ1) is 7.41. The van der Waals surface area contributed by atoms with Crippen molar-refractivity contribution in [2.45, 2.75) is 23.1 Å². The van der Waals surface area contributed by atoms with Crippen LogP contribution in [0.2, 0.25) is 0 Å². The molecule has 0 N–H and O–H groups in total. The van der Waals surface area contributed by atoms with E-state index in [-0.39, 0.29) is 6.61 Å². The standard InChI is InChI=1S/C10H9F4IO/c11-9(8(15)10(12,13)14)16-6-7-4-2-1-3-5-7/h1-5,8-9H,6H2. The molecule has 2 unspecified atom stereocenters. The van der Waals surface area contributed by atoms with Gasteiger partial charge in [0.1, 0.15) is 0 Å². The summed E-state index contributed by atoms with van der Waals surface area (Å²) in [6.45, 7) is -0.169. The molecule has 16 heavy (non-hydrogen) atoms. The lowest BCUT2D eigenvalue weighted by Crippen LogP contribution is -2.33. The third-order valence-electron chi connectivity index (χ3n) is 1.79. The minimum Gasteiger partial charge on any atom is -0.342 e. The summed E-state index contributed by atoms with van der Waals surface area (Å²) >= 11 is 0.992. The van der Waals surface area contributed by atoms with Crippen LogP contribution in [0.5, 0.6) is 0 Å². The first kappa shape index (κ1) is 13.7. The van der Waals surface area contributed by atoms with Gasteiger partial charge in [0.25, 0.3) is 0 Å². The molecule has 1 aromatic carbocycles. The minimum absolute atomic E-state index is 0.169. The molecule has 0 spiro atoms. The van der Waals surface area contributed by atoms with E-state index in [0.29, 0.717) is 5.56 Å². The summed E-state index contributed by atoms with van der Waals surface area (Å²) in [5, 5.41) is 0. The fourth-order valence-corrected chi connectivity index (χ4v) is 1.19. The molecule has 0 aliphatic rings. The molecule has 0 aliphatic heterocycles. The zero-order valence-electron chi connectivity index (χ0n) is 8.05. The molecule has 0 heterocycles. The van der Waals surface area contributed by atoms with Crippen LogP contribution in [0.1, 0.15) is 5.56 Å². The van der Waals surface area contributed by atoms with Crippen LogP contribution < -0.4 is 0 Å². The molecular weight excluding hydrogens is 339 g/mol. The van der Waals surface area contributed by atoms with Crippen molar-refractivity contribution in [1.82, 2.24) is 0 Å². The number of ether oxygens (including phenoxy) is 1. The fraction of sp³-hybridized carbons (Fsp3) is 0.400. The predicted octanol–water partition coefficient (Wildman–Crippen LogP) is 3.86. The Labute approximate surface area is 104 Å². The number of alkyl halides is 5. The van der Waals surface area contributed by atoms with Crippen LogP contribution >= 0.6 is 22.6 Å². The summed E-state index contributed by atoms with van der Waals surface area (Å²) in [6.07, 6.45) is -6.93. The van der Waals surface area contributed by atoms with Crippen molar-refractivity contribution in [3.05, 3.63) is 35.9 Å². The largest absolute Gasteiger partial charge is 0.405 e. The van der Waals surface area contributed by atoms with Gasteiger partial charge in [0.05, 0.1) is 6.61 Å². The molecule has 90 valence electrons. The highest BCUT2D eigenvalue weighted by Gasteiger charge is 2.44. The molecule has 0 saturated carbocycles. The van der Waals surface area contributed by atoms with Crippen molar-refractivity contribution in [2.24, 2.45) is 0 Å². The molecule has 0 radical (unpaired) electrons. The molecule has 2 atom stereocenters. The van der Waals surface area contributed by atoms with Gasteiger partial charge in [0.15, 0.2) is 3.92 Å². The molecule has 1 rings (SSSR count). The third kappa shape index (κ3) is 4.25. The highest BCUT2D eigenvalue weighted by Crippen LogP contribution is 2.31. The van der Waals surface area contributed by atoms with Gasteiger partial charge in [-0.1, -0.05) is 52.9 Å². The molecule has 1 aromatic rings. The summed E-state index contributed by atoms with van der Waals surface area (Å²) in [7, 11) is 0. The van der Waals surface area contributed by atoms with E-state index in [1.54, 1.807) is 30.3 Å². The highest BCUT2D eigenvalue weighted by molar-refractivity contribution is 14.1. The summed E-state index contributed by atoms with van der Waals surface area (Å²) in [4.78, 5) is 0. The number of hydrogen-bond acceptors (Lipinski definition) is 1. The lowest BCUT2D eigenvalue weighted by molar-refractivity contribution is -0.173. The summed E-state index contributed by atoms with van der Waals surface area (Å²) in [5.41, 5.74) is 0.635. The van der Waals surface area contributed by atoms with Crippen LogP contribution in [-0.4, -0.2) is 16.5 Å². The van der Waals surface area contributed by atoms with E-state index in [0.717, 1.165) is 22.6 Å². The first-order valence-electron chi connectivity index (χ1n) is 4.41. The Morgan fingerprint density at radius 2 is 1.75 bits per heavy atom. The Kier molecular flexibility index (Phi) is 4.97. The number of rotatable bonds is 4. The van der Waals surface area contributed by atoms with Crippen LogP contribution in [0.4, 0.5) is 17.6 Å². The average molecular weight is 348 g/mol. The molecule has 0 saturated heterocycles. The maximum atomic E-state index is 13.0. The van der Waals surface area contributed by atoms with Crippen molar-refractivity contribution >= 4 is 22.6 Å². The third-order valence-corrected chi connectivity index (χ3v) is 3.07. The first-order valence-corrected chi connectivity index (χ1v) is 5.66. The van der Waals surface area contributed by atoms with E-state index < -0.39 is 16.5 Å². The van der Waals surface area contributed by atoms with E-state index in [4.69, 9.17) is 0 Å². The van der Waals surface area contributed by atoms with Gasteiger partial charge in [-0.15, -0.1) is 0 Å². The Morgan fingerprint density at radius 1 is 1.19 bits per heavy atom. The molecule has 0 aliphatic carbocycles. The lowest BCUT2D eigenvalue weighted by atomic mass is 10.2. The summed E-state index contributed by atoms with van der Waals surface area (Å²) < 4.78 is 51.7. The van der Waals surface area contributed by atoms with Crippen molar-refractivity contribution in [3.8, 4) is 0 Å². The smallest absolute Gasteiger partial charge is 0.342 e. The van der Waals surface area contributed by atoms with Crippen LogP contribution in [0.15, 0.2) is 30.3 Å². The van der Waals surface area contributed by atoms with Gasteiger partial charge < -0.3 is 4.74 Å². The second-order valence-electron chi connectivity index (χ2n) is 3.09. The van der Waals surface area contributed by atoms with Gasteiger partial charge in [-0.3, -0.25) is 0 Å². The average Bonchev–Trinajstić information content (AvgIpc) is 2.25. The van der Waals surface area contributed by atoms with Crippen molar-refractivity contribution in [3.63, 3.8) is 0 Å². The number of halogens is 5. The van der Waals surface area contributed by atoms with E-state index in [2.05, 4.69) is 4.74 Å². The number of benzene rings is 1. The molecular formula is C10H9F4IO. The topological polar surface area (TPSA) is 9.23 Å². The lowest BCUT2D eigenvalue weighted by Gasteiger charge is -2.18.